The molecule has 17 heavy (non-hydrogen) atoms. The molecule has 1 aromatic rings. The van der Waals surface area contributed by atoms with Gasteiger partial charge in [-0.25, -0.2) is 4.39 Å². The van der Waals surface area contributed by atoms with Gasteiger partial charge < -0.3 is 10.1 Å². The number of ether oxygens (including phenoxy) is 1. The third-order valence-corrected chi connectivity index (χ3v) is 2.73. The zero-order chi connectivity index (χ0) is 12.8. The zero-order valence-electron chi connectivity index (χ0n) is 9.13. The van der Waals surface area contributed by atoms with E-state index in [1.165, 1.54) is 6.07 Å². The Hall–Kier alpha value is -0.760. The van der Waals surface area contributed by atoms with Gasteiger partial charge in [0.1, 0.15) is 5.82 Å². The summed E-state index contributed by atoms with van der Waals surface area (Å²) in [5, 5.41) is 2.68. The first kappa shape index (κ1) is 14.3. The number of esters is 1. The van der Waals surface area contributed by atoms with Gasteiger partial charge in [-0.05, 0) is 47.7 Å². The summed E-state index contributed by atoms with van der Waals surface area (Å²) in [6.07, 6.45) is -0.0470. The van der Waals surface area contributed by atoms with Gasteiger partial charge in [-0.1, -0.05) is 12.2 Å². The van der Waals surface area contributed by atoms with Crippen molar-refractivity contribution in [1.82, 2.24) is 0 Å². The van der Waals surface area contributed by atoms with Crippen LogP contribution in [-0.4, -0.2) is 17.6 Å². The summed E-state index contributed by atoms with van der Waals surface area (Å²) in [6.45, 7) is 2.02. The topological polar surface area (TPSA) is 38.3 Å². The van der Waals surface area contributed by atoms with Gasteiger partial charge in [0.15, 0.2) is 0 Å². The Morgan fingerprint density at radius 3 is 2.88 bits per heavy atom. The number of carbonyl (C=O) groups excluding carboxylic acids is 1. The summed E-state index contributed by atoms with van der Waals surface area (Å²) in [5.41, 5.74) is 0.264. The molecule has 1 N–H and O–H groups in total. The molecule has 1 aromatic carbocycles. The van der Waals surface area contributed by atoms with Crippen molar-refractivity contribution in [3.05, 3.63) is 27.6 Å². The highest BCUT2D eigenvalue weighted by atomic mass is 127. The largest absolute Gasteiger partial charge is 0.466 e. The highest BCUT2D eigenvalue weighted by Crippen LogP contribution is 2.17. The van der Waals surface area contributed by atoms with Crippen molar-refractivity contribution in [2.24, 2.45) is 0 Å². The highest BCUT2D eigenvalue weighted by molar-refractivity contribution is 14.1. The lowest BCUT2D eigenvalue weighted by Gasteiger charge is -2.08. The molecule has 0 saturated carbocycles. The van der Waals surface area contributed by atoms with Crippen LogP contribution in [-0.2, 0) is 9.53 Å². The van der Waals surface area contributed by atoms with Gasteiger partial charge in [-0.15, -0.1) is 0 Å². The number of halogens is 2. The second-order valence-corrected chi connectivity index (χ2v) is 4.89. The van der Waals surface area contributed by atoms with E-state index in [0.29, 0.717) is 6.61 Å². The van der Waals surface area contributed by atoms with Gasteiger partial charge in [0.25, 0.3) is 0 Å². The monoisotopic (exact) mass is 367 g/mol. The summed E-state index contributed by atoms with van der Waals surface area (Å²) in [4.78, 5) is 11.4. The zero-order valence-corrected chi connectivity index (χ0v) is 12.1. The molecular weight excluding hydrogens is 356 g/mol. The first-order chi connectivity index (χ1) is 8.02. The molecule has 3 nitrogen and oxygen atoms in total. The van der Waals surface area contributed by atoms with Gasteiger partial charge in [-0.2, -0.15) is 0 Å². The molecule has 0 aliphatic rings. The van der Waals surface area contributed by atoms with Gasteiger partial charge in [0.05, 0.1) is 23.7 Å². The van der Waals surface area contributed by atoms with Gasteiger partial charge in [0.2, 0.25) is 0 Å². The average Bonchev–Trinajstić information content (AvgIpc) is 2.22. The Morgan fingerprint density at radius 2 is 2.29 bits per heavy atom. The van der Waals surface area contributed by atoms with E-state index >= 15 is 0 Å². The normalized spacial score (nSPS) is 9.82. The number of benzene rings is 1. The van der Waals surface area contributed by atoms with Crippen molar-refractivity contribution in [3.63, 3.8) is 0 Å². The smallest absolute Gasteiger partial charge is 0.312 e. The number of nitrogens with one attached hydrogen (secondary N) is 1. The molecule has 1 rings (SSSR count). The third kappa shape index (κ3) is 4.95. The van der Waals surface area contributed by atoms with Crippen molar-refractivity contribution >= 4 is 51.5 Å². The molecule has 0 unspecified atom stereocenters. The molecule has 0 bridgehead atoms. The summed E-state index contributed by atoms with van der Waals surface area (Å²) < 4.78 is 19.0. The molecule has 0 fully saturated rings. The van der Waals surface area contributed by atoms with E-state index in [4.69, 9.17) is 17.0 Å². The fraction of sp³-hybridized carbons (Fsp3) is 0.273. The number of thiocarbonyl (C=S) groups is 1. The van der Waals surface area contributed by atoms with E-state index in [9.17, 15) is 9.18 Å². The van der Waals surface area contributed by atoms with E-state index in [1.807, 2.05) is 22.6 Å². The second kappa shape index (κ2) is 6.85. The highest BCUT2D eigenvalue weighted by Gasteiger charge is 2.09. The first-order valence-corrected chi connectivity index (χ1v) is 6.42. The maximum absolute atomic E-state index is 13.5. The predicted octanol–water partition coefficient (Wildman–Crippen LogP) is 3.12. The van der Waals surface area contributed by atoms with Gasteiger partial charge in [0, 0.05) is 3.57 Å². The van der Waals surface area contributed by atoms with Crippen LogP contribution in [0, 0.1) is 9.39 Å². The number of hydrogen-bond donors (Lipinski definition) is 1. The molecule has 0 atom stereocenters. The van der Waals surface area contributed by atoms with Crippen LogP contribution in [0.4, 0.5) is 10.1 Å². The minimum absolute atomic E-state index is 0.0470. The van der Waals surface area contributed by atoms with Crippen LogP contribution in [0.3, 0.4) is 0 Å². The van der Waals surface area contributed by atoms with Gasteiger partial charge >= 0.3 is 5.97 Å². The maximum atomic E-state index is 13.5. The van der Waals surface area contributed by atoms with E-state index in [2.05, 4.69) is 5.32 Å². The molecule has 0 heterocycles. The van der Waals surface area contributed by atoms with E-state index in [-0.39, 0.29) is 17.1 Å². The molecule has 0 radical (unpaired) electrons. The summed E-state index contributed by atoms with van der Waals surface area (Å²) >= 11 is 6.95. The van der Waals surface area contributed by atoms with E-state index in [0.717, 1.165) is 3.57 Å². The quantitative estimate of drug-likeness (QED) is 0.504. The predicted molar refractivity (Wildman–Crippen MR) is 76.6 cm³/mol. The number of carbonyl (C=O) groups is 1. The minimum Gasteiger partial charge on any atom is -0.466 e. The summed E-state index contributed by atoms with van der Waals surface area (Å²) in [5.74, 6) is -0.820. The Morgan fingerprint density at radius 1 is 1.59 bits per heavy atom. The summed E-state index contributed by atoms with van der Waals surface area (Å²) in [7, 11) is 0. The molecule has 0 aliphatic heterocycles. The van der Waals surface area contributed by atoms with Crippen LogP contribution in [0.1, 0.15) is 13.3 Å². The van der Waals surface area contributed by atoms with Crippen LogP contribution in [0.2, 0.25) is 0 Å². The average molecular weight is 367 g/mol. The maximum Gasteiger partial charge on any atom is 0.312 e. The Balaban J connectivity index is 2.59. The van der Waals surface area contributed by atoms with Crippen LogP contribution in [0.5, 0.6) is 0 Å². The van der Waals surface area contributed by atoms with Crippen LogP contribution in [0.15, 0.2) is 18.2 Å². The van der Waals surface area contributed by atoms with Crippen LogP contribution in [0.25, 0.3) is 0 Å². The van der Waals surface area contributed by atoms with Crippen molar-refractivity contribution in [1.29, 1.82) is 0 Å². The third-order valence-electron chi connectivity index (χ3n) is 1.82. The van der Waals surface area contributed by atoms with Crippen LogP contribution >= 0.6 is 34.8 Å². The van der Waals surface area contributed by atoms with Crippen LogP contribution < -0.4 is 5.32 Å². The molecule has 0 amide bonds. The second-order valence-electron chi connectivity index (χ2n) is 3.15. The van der Waals surface area contributed by atoms with Crippen molar-refractivity contribution in [2.75, 3.05) is 11.9 Å². The number of rotatable bonds is 4. The molecular formula is C11H11FINO2S. The standard InChI is InChI=1S/C11H11FINO2S/c1-2-16-11(15)6-10(17)14-9-4-3-7(13)5-8(9)12/h3-5H,2,6H2,1H3,(H,14,17). The van der Waals surface area contributed by atoms with Crippen molar-refractivity contribution in [2.45, 2.75) is 13.3 Å². The lowest BCUT2D eigenvalue weighted by molar-refractivity contribution is -0.141. The number of anilines is 1. The van der Waals surface area contributed by atoms with Crippen molar-refractivity contribution in [3.8, 4) is 0 Å². The molecule has 0 saturated heterocycles. The Kier molecular flexibility index (Phi) is 5.76. The Labute approximate surface area is 118 Å². The lowest BCUT2D eigenvalue weighted by Crippen LogP contribution is -2.17. The van der Waals surface area contributed by atoms with E-state index in [1.54, 1.807) is 19.1 Å². The molecule has 0 aliphatic carbocycles. The molecule has 92 valence electrons. The SMILES string of the molecule is CCOC(=O)CC(=S)Nc1ccc(I)cc1F. The fourth-order valence-electron chi connectivity index (χ4n) is 1.13. The Bertz CT molecular complexity index is 439. The summed E-state index contributed by atoms with van der Waals surface area (Å²) in [6, 6.07) is 4.71. The first-order valence-electron chi connectivity index (χ1n) is 4.93. The fourth-order valence-corrected chi connectivity index (χ4v) is 1.81. The van der Waals surface area contributed by atoms with Crippen molar-refractivity contribution < 1.29 is 13.9 Å². The molecule has 0 spiro atoms. The minimum atomic E-state index is -0.420. The lowest BCUT2D eigenvalue weighted by atomic mass is 10.3. The van der Waals surface area contributed by atoms with E-state index < -0.39 is 11.8 Å². The molecule has 6 heteroatoms. The van der Waals surface area contributed by atoms with Gasteiger partial charge in [-0.3, -0.25) is 4.79 Å². The number of hydrogen-bond acceptors (Lipinski definition) is 3. The molecule has 0 aromatic heterocycles.